The summed E-state index contributed by atoms with van der Waals surface area (Å²) in [6.45, 7) is 0. The van der Waals surface area contributed by atoms with E-state index in [1.54, 1.807) is 7.05 Å². The highest BCUT2D eigenvalue weighted by Crippen LogP contribution is 1.78. The first-order valence-corrected chi connectivity index (χ1v) is 2.43. The summed E-state index contributed by atoms with van der Waals surface area (Å²) < 4.78 is 4.29. The Morgan fingerprint density at radius 2 is 2.33 bits per heavy atom. The highest BCUT2D eigenvalue weighted by molar-refractivity contribution is 5.82. The van der Waals surface area contributed by atoms with Crippen molar-refractivity contribution in [3.05, 3.63) is 11.9 Å². The Hall–Kier alpha value is -1.19. The Morgan fingerprint density at radius 3 is 2.67 bits per heavy atom. The number of carbonyl (C=O) groups excluding carboxylic acids is 1. The molecule has 0 spiro atoms. The second-order valence-corrected chi connectivity index (χ2v) is 1.37. The molecule has 0 aromatic heterocycles. The SMILES string of the molecule is CNC(N)=CC(=O)OC. The molecule has 9 heavy (non-hydrogen) atoms. The zero-order valence-corrected chi connectivity index (χ0v) is 5.47. The Bertz CT molecular complexity index is 131. The van der Waals surface area contributed by atoms with Crippen LogP contribution in [0.5, 0.6) is 0 Å². The van der Waals surface area contributed by atoms with Crippen molar-refractivity contribution in [3.63, 3.8) is 0 Å². The van der Waals surface area contributed by atoms with E-state index in [1.807, 2.05) is 0 Å². The van der Waals surface area contributed by atoms with Crippen LogP contribution in [0.4, 0.5) is 0 Å². The van der Waals surface area contributed by atoms with E-state index in [9.17, 15) is 4.79 Å². The Labute approximate surface area is 53.7 Å². The fourth-order valence-electron chi connectivity index (χ4n) is 0.258. The molecule has 0 bridgehead atoms. The van der Waals surface area contributed by atoms with E-state index in [0.717, 1.165) is 0 Å². The Morgan fingerprint density at radius 1 is 1.78 bits per heavy atom. The molecule has 0 aliphatic rings. The lowest BCUT2D eigenvalue weighted by molar-refractivity contribution is -0.134. The van der Waals surface area contributed by atoms with Crippen LogP contribution in [0.3, 0.4) is 0 Å². The third-order valence-electron chi connectivity index (χ3n) is 0.763. The molecule has 0 saturated heterocycles. The topological polar surface area (TPSA) is 64.3 Å². The maximum Gasteiger partial charge on any atom is 0.334 e. The third-order valence-corrected chi connectivity index (χ3v) is 0.763. The standard InChI is InChI=1S/C5H10N2O2/c1-7-4(6)3-5(8)9-2/h3,7H,6H2,1-2H3. The molecule has 0 heterocycles. The number of nitrogens with two attached hydrogens (primary N) is 1. The van der Waals surface area contributed by atoms with Crippen LogP contribution >= 0.6 is 0 Å². The molecule has 0 aromatic carbocycles. The van der Waals surface area contributed by atoms with Crippen molar-refractivity contribution in [1.82, 2.24) is 5.32 Å². The van der Waals surface area contributed by atoms with Gasteiger partial charge in [-0.25, -0.2) is 4.79 Å². The van der Waals surface area contributed by atoms with Crippen molar-refractivity contribution in [2.45, 2.75) is 0 Å². The fourth-order valence-corrected chi connectivity index (χ4v) is 0.258. The van der Waals surface area contributed by atoms with Crippen LogP contribution in [0.2, 0.25) is 0 Å². The van der Waals surface area contributed by atoms with Crippen molar-refractivity contribution in [3.8, 4) is 0 Å². The summed E-state index contributed by atoms with van der Waals surface area (Å²) in [4.78, 5) is 10.4. The van der Waals surface area contributed by atoms with Gasteiger partial charge in [-0.1, -0.05) is 0 Å². The predicted molar refractivity (Wildman–Crippen MR) is 33.3 cm³/mol. The molecule has 0 fully saturated rings. The normalized spacial score (nSPS) is 10.7. The van der Waals surface area contributed by atoms with E-state index in [1.165, 1.54) is 13.2 Å². The van der Waals surface area contributed by atoms with Crippen LogP contribution < -0.4 is 11.1 Å². The number of methoxy groups -OCH3 is 1. The summed E-state index contributed by atoms with van der Waals surface area (Å²) in [6.07, 6.45) is 1.17. The highest BCUT2D eigenvalue weighted by Gasteiger charge is 1.92. The van der Waals surface area contributed by atoms with Gasteiger partial charge in [-0.05, 0) is 0 Å². The van der Waals surface area contributed by atoms with E-state index in [0.29, 0.717) is 5.82 Å². The summed E-state index contributed by atoms with van der Waals surface area (Å²) in [5, 5.41) is 2.57. The van der Waals surface area contributed by atoms with Crippen LogP contribution in [0.15, 0.2) is 11.9 Å². The lowest BCUT2D eigenvalue weighted by Gasteiger charge is -1.96. The number of hydrogen-bond acceptors (Lipinski definition) is 4. The average molecular weight is 130 g/mol. The van der Waals surface area contributed by atoms with E-state index >= 15 is 0 Å². The number of rotatable bonds is 2. The first-order valence-electron chi connectivity index (χ1n) is 2.43. The maximum absolute atomic E-state index is 10.4. The number of nitrogens with one attached hydrogen (secondary N) is 1. The van der Waals surface area contributed by atoms with E-state index < -0.39 is 5.97 Å². The molecule has 0 aliphatic carbocycles. The van der Waals surface area contributed by atoms with Gasteiger partial charge in [-0.3, -0.25) is 0 Å². The number of ether oxygens (including phenoxy) is 1. The molecule has 0 aliphatic heterocycles. The third kappa shape index (κ3) is 3.40. The second kappa shape index (κ2) is 3.77. The number of hydrogen-bond donors (Lipinski definition) is 2. The number of esters is 1. The zero-order chi connectivity index (χ0) is 7.28. The van der Waals surface area contributed by atoms with Gasteiger partial charge in [0.05, 0.1) is 13.2 Å². The molecule has 0 atom stereocenters. The van der Waals surface area contributed by atoms with Gasteiger partial charge in [0.25, 0.3) is 0 Å². The quantitative estimate of drug-likeness (QED) is 0.378. The summed E-state index contributed by atoms with van der Waals surface area (Å²) in [7, 11) is 2.91. The fraction of sp³-hybridized carbons (Fsp3) is 0.400. The molecule has 0 radical (unpaired) electrons. The van der Waals surface area contributed by atoms with Gasteiger partial charge in [-0.2, -0.15) is 0 Å². The van der Waals surface area contributed by atoms with Crippen LogP contribution in [0.25, 0.3) is 0 Å². The van der Waals surface area contributed by atoms with E-state index in [-0.39, 0.29) is 0 Å². The van der Waals surface area contributed by atoms with Gasteiger partial charge in [-0.15, -0.1) is 0 Å². The highest BCUT2D eigenvalue weighted by atomic mass is 16.5. The molecular weight excluding hydrogens is 120 g/mol. The average Bonchev–Trinajstić information content (AvgIpc) is 1.87. The van der Waals surface area contributed by atoms with Gasteiger partial charge in [0.2, 0.25) is 0 Å². The lowest BCUT2D eigenvalue weighted by Crippen LogP contribution is -2.16. The zero-order valence-electron chi connectivity index (χ0n) is 5.47. The molecule has 0 rings (SSSR count). The molecule has 0 amide bonds. The largest absolute Gasteiger partial charge is 0.466 e. The summed E-state index contributed by atoms with van der Waals surface area (Å²) in [5.41, 5.74) is 5.20. The summed E-state index contributed by atoms with van der Waals surface area (Å²) >= 11 is 0. The van der Waals surface area contributed by atoms with Crippen LogP contribution in [0, 0.1) is 0 Å². The first-order chi connectivity index (χ1) is 4.20. The monoisotopic (exact) mass is 130 g/mol. The minimum atomic E-state index is -0.457. The molecule has 0 aromatic rings. The summed E-state index contributed by atoms with van der Waals surface area (Å²) in [6, 6.07) is 0. The molecule has 0 unspecified atom stereocenters. The van der Waals surface area contributed by atoms with E-state index in [2.05, 4.69) is 10.1 Å². The van der Waals surface area contributed by atoms with Crippen molar-refractivity contribution in [2.75, 3.05) is 14.2 Å². The van der Waals surface area contributed by atoms with Gasteiger partial charge in [0.15, 0.2) is 0 Å². The summed E-state index contributed by atoms with van der Waals surface area (Å²) in [5.74, 6) is -0.163. The van der Waals surface area contributed by atoms with Crippen molar-refractivity contribution in [2.24, 2.45) is 5.73 Å². The van der Waals surface area contributed by atoms with Crippen LogP contribution in [-0.4, -0.2) is 20.1 Å². The van der Waals surface area contributed by atoms with Crippen LogP contribution in [-0.2, 0) is 9.53 Å². The van der Waals surface area contributed by atoms with Gasteiger partial charge in [0, 0.05) is 7.05 Å². The van der Waals surface area contributed by atoms with E-state index in [4.69, 9.17) is 5.73 Å². The van der Waals surface area contributed by atoms with Crippen molar-refractivity contribution < 1.29 is 9.53 Å². The van der Waals surface area contributed by atoms with Gasteiger partial charge >= 0.3 is 5.97 Å². The predicted octanol–water partition coefficient (Wildman–Crippen LogP) is -0.821. The smallest absolute Gasteiger partial charge is 0.334 e. The minimum Gasteiger partial charge on any atom is -0.466 e. The maximum atomic E-state index is 10.4. The Balaban J connectivity index is 3.79. The minimum absolute atomic E-state index is 0.293. The molecule has 3 N–H and O–H groups in total. The molecule has 52 valence electrons. The molecule has 4 nitrogen and oxygen atoms in total. The second-order valence-electron chi connectivity index (χ2n) is 1.37. The lowest BCUT2D eigenvalue weighted by atomic mass is 10.5. The first kappa shape index (κ1) is 7.81. The Kier molecular flexibility index (Phi) is 3.27. The molecule has 0 saturated carbocycles. The van der Waals surface area contributed by atoms with Gasteiger partial charge in [0.1, 0.15) is 5.82 Å². The van der Waals surface area contributed by atoms with Crippen LogP contribution in [0.1, 0.15) is 0 Å². The molecule has 4 heteroatoms. The van der Waals surface area contributed by atoms with Crippen molar-refractivity contribution >= 4 is 5.97 Å². The van der Waals surface area contributed by atoms with Crippen molar-refractivity contribution in [1.29, 1.82) is 0 Å². The molecular formula is C5H10N2O2. The van der Waals surface area contributed by atoms with Gasteiger partial charge < -0.3 is 15.8 Å². The number of carbonyl (C=O) groups is 1.